The van der Waals surface area contributed by atoms with Crippen molar-refractivity contribution in [3.05, 3.63) is 53.6 Å². The minimum atomic E-state index is -0.695. The number of carbonyl (C=O) groups excluding carboxylic acids is 2. The molecule has 0 aromatic heterocycles. The van der Waals surface area contributed by atoms with Crippen LogP contribution < -0.4 is 15.0 Å². The highest BCUT2D eigenvalue weighted by Crippen LogP contribution is 2.25. The second kappa shape index (κ2) is 7.57. The zero-order valence-corrected chi connectivity index (χ0v) is 14.6. The molecule has 2 aromatic carbocycles. The van der Waals surface area contributed by atoms with E-state index in [0.29, 0.717) is 22.9 Å². The summed E-state index contributed by atoms with van der Waals surface area (Å²) in [6.45, 7) is 2.41. The normalized spacial score (nSPS) is 15.1. The molecule has 130 valence electrons. The quantitative estimate of drug-likeness (QED) is 0.882. The van der Waals surface area contributed by atoms with Gasteiger partial charge in [-0.15, -0.1) is 0 Å². The molecule has 0 aliphatic carbocycles. The number of halogens is 1. The zero-order chi connectivity index (χ0) is 17.8. The van der Waals surface area contributed by atoms with Crippen LogP contribution >= 0.6 is 11.6 Å². The molecule has 2 aromatic rings. The van der Waals surface area contributed by atoms with E-state index in [1.807, 2.05) is 12.1 Å². The number of anilines is 2. The molecule has 6 heteroatoms. The molecule has 1 N–H and O–H groups in total. The average Bonchev–Trinajstić information content (AvgIpc) is 3.03. The van der Waals surface area contributed by atoms with Gasteiger partial charge in [0.1, 0.15) is 5.75 Å². The van der Waals surface area contributed by atoms with Crippen molar-refractivity contribution in [2.24, 2.45) is 0 Å². The van der Waals surface area contributed by atoms with E-state index in [1.54, 1.807) is 48.2 Å². The maximum atomic E-state index is 12.3. The molecule has 0 bridgehead atoms. The highest BCUT2D eigenvalue weighted by Gasteiger charge is 2.21. The van der Waals surface area contributed by atoms with Crippen LogP contribution in [0.2, 0.25) is 5.02 Å². The van der Waals surface area contributed by atoms with Gasteiger partial charge in [0.05, 0.1) is 5.02 Å². The van der Waals surface area contributed by atoms with Gasteiger partial charge in [0.25, 0.3) is 5.91 Å². The van der Waals surface area contributed by atoms with Crippen LogP contribution in [-0.2, 0) is 9.59 Å². The monoisotopic (exact) mass is 358 g/mol. The Hall–Kier alpha value is -2.53. The number of ether oxygens (including phenoxy) is 1. The van der Waals surface area contributed by atoms with Gasteiger partial charge in [0.2, 0.25) is 5.91 Å². The van der Waals surface area contributed by atoms with Gasteiger partial charge in [0, 0.05) is 24.3 Å². The van der Waals surface area contributed by atoms with Crippen molar-refractivity contribution in [2.45, 2.75) is 25.9 Å². The van der Waals surface area contributed by atoms with E-state index in [0.717, 1.165) is 18.7 Å². The van der Waals surface area contributed by atoms with Gasteiger partial charge >= 0.3 is 0 Å². The molecule has 1 aliphatic rings. The molecule has 1 atom stereocenters. The first-order valence-corrected chi connectivity index (χ1v) is 8.55. The summed E-state index contributed by atoms with van der Waals surface area (Å²) in [5.74, 6) is 0.332. The Balaban J connectivity index is 1.60. The fourth-order valence-electron chi connectivity index (χ4n) is 2.67. The molecular formula is C19H19ClN2O3. The zero-order valence-electron chi connectivity index (χ0n) is 13.9. The summed E-state index contributed by atoms with van der Waals surface area (Å²) in [6.07, 6.45) is 0.781. The number of carbonyl (C=O) groups is 2. The smallest absolute Gasteiger partial charge is 0.265 e. The molecule has 5 nitrogen and oxygen atoms in total. The van der Waals surface area contributed by atoms with Gasteiger partial charge in [-0.25, -0.2) is 0 Å². The van der Waals surface area contributed by atoms with Crippen LogP contribution in [0.15, 0.2) is 48.5 Å². The topological polar surface area (TPSA) is 58.6 Å². The number of hydrogen-bond acceptors (Lipinski definition) is 3. The number of nitrogens with zero attached hydrogens (tertiary/aromatic N) is 1. The summed E-state index contributed by atoms with van der Waals surface area (Å²) in [4.78, 5) is 25.8. The molecule has 0 spiro atoms. The van der Waals surface area contributed by atoms with Crippen molar-refractivity contribution in [2.75, 3.05) is 16.8 Å². The van der Waals surface area contributed by atoms with E-state index in [-0.39, 0.29) is 11.8 Å². The van der Waals surface area contributed by atoms with Crippen LogP contribution in [-0.4, -0.2) is 24.5 Å². The van der Waals surface area contributed by atoms with Gasteiger partial charge < -0.3 is 15.0 Å². The summed E-state index contributed by atoms with van der Waals surface area (Å²) >= 11 is 6.04. The number of rotatable bonds is 5. The predicted molar refractivity (Wildman–Crippen MR) is 98.2 cm³/mol. The lowest BCUT2D eigenvalue weighted by molar-refractivity contribution is -0.122. The molecule has 25 heavy (non-hydrogen) atoms. The van der Waals surface area contributed by atoms with Crippen molar-refractivity contribution in [1.29, 1.82) is 0 Å². The van der Waals surface area contributed by atoms with E-state index < -0.39 is 6.10 Å². The van der Waals surface area contributed by atoms with Gasteiger partial charge in [-0.05, 0) is 49.7 Å². The number of hydrogen-bond donors (Lipinski definition) is 1. The fourth-order valence-corrected chi connectivity index (χ4v) is 2.85. The van der Waals surface area contributed by atoms with Gasteiger partial charge in [-0.3, -0.25) is 9.59 Å². The lowest BCUT2D eigenvalue weighted by atomic mass is 10.2. The molecule has 3 rings (SSSR count). The summed E-state index contributed by atoms with van der Waals surface area (Å²) in [5.41, 5.74) is 1.50. The second-order valence-electron chi connectivity index (χ2n) is 5.88. The van der Waals surface area contributed by atoms with E-state index in [1.165, 1.54) is 0 Å². The predicted octanol–water partition coefficient (Wildman–Crippen LogP) is 3.87. The third kappa shape index (κ3) is 4.12. The molecule has 0 radical (unpaired) electrons. The second-order valence-corrected chi connectivity index (χ2v) is 6.28. The Bertz CT molecular complexity index is 776. The lowest BCUT2D eigenvalue weighted by Crippen LogP contribution is -2.30. The summed E-state index contributed by atoms with van der Waals surface area (Å²) in [7, 11) is 0. The maximum Gasteiger partial charge on any atom is 0.265 e. The maximum absolute atomic E-state index is 12.3. The van der Waals surface area contributed by atoms with E-state index in [9.17, 15) is 9.59 Å². The highest BCUT2D eigenvalue weighted by molar-refractivity contribution is 6.32. The van der Waals surface area contributed by atoms with Crippen LogP contribution in [0.4, 0.5) is 11.4 Å². The third-order valence-corrected chi connectivity index (χ3v) is 4.34. The number of para-hydroxylation sites is 1. The fraction of sp³-hybridized carbons (Fsp3) is 0.263. The SMILES string of the molecule is C[C@H](Oc1ccccc1Cl)C(=O)Nc1ccc(N2CCCC2=O)cc1. The first-order chi connectivity index (χ1) is 12.0. The first kappa shape index (κ1) is 17.3. The standard InChI is InChI=1S/C19H19ClN2O3/c1-13(25-17-6-3-2-5-16(17)20)19(24)21-14-8-10-15(11-9-14)22-12-4-7-18(22)23/h2-3,5-6,8-11,13H,4,7,12H2,1H3,(H,21,24)/t13-/m0/s1. The highest BCUT2D eigenvalue weighted by atomic mass is 35.5. The summed E-state index contributed by atoms with van der Waals surface area (Å²) in [6, 6.07) is 14.2. The molecule has 1 heterocycles. The van der Waals surface area contributed by atoms with Gasteiger partial charge in [-0.1, -0.05) is 23.7 Å². The van der Waals surface area contributed by atoms with E-state index in [2.05, 4.69) is 5.32 Å². The lowest BCUT2D eigenvalue weighted by Gasteiger charge is -2.17. The van der Waals surface area contributed by atoms with E-state index in [4.69, 9.17) is 16.3 Å². The van der Waals surface area contributed by atoms with Gasteiger partial charge in [-0.2, -0.15) is 0 Å². The van der Waals surface area contributed by atoms with Crippen LogP contribution in [0.25, 0.3) is 0 Å². The largest absolute Gasteiger partial charge is 0.479 e. The molecule has 1 aliphatic heterocycles. The van der Waals surface area contributed by atoms with Crippen LogP contribution in [0, 0.1) is 0 Å². The van der Waals surface area contributed by atoms with Crippen molar-refractivity contribution >= 4 is 34.8 Å². The van der Waals surface area contributed by atoms with Crippen LogP contribution in [0.1, 0.15) is 19.8 Å². The Morgan fingerprint density at radius 2 is 1.92 bits per heavy atom. The summed E-state index contributed by atoms with van der Waals surface area (Å²) in [5, 5.41) is 3.26. The number of benzene rings is 2. The average molecular weight is 359 g/mol. The Kier molecular flexibility index (Phi) is 5.24. The molecule has 0 unspecified atom stereocenters. The third-order valence-electron chi connectivity index (χ3n) is 4.03. The van der Waals surface area contributed by atoms with Crippen molar-refractivity contribution in [3.8, 4) is 5.75 Å². The molecular weight excluding hydrogens is 340 g/mol. The summed E-state index contributed by atoms with van der Waals surface area (Å²) < 4.78 is 5.60. The number of nitrogens with one attached hydrogen (secondary N) is 1. The molecule has 0 saturated carbocycles. The molecule has 1 fully saturated rings. The van der Waals surface area contributed by atoms with Crippen molar-refractivity contribution < 1.29 is 14.3 Å². The van der Waals surface area contributed by atoms with Gasteiger partial charge in [0.15, 0.2) is 6.10 Å². The Morgan fingerprint density at radius 1 is 1.20 bits per heavy atom. The van der Waals surface area contributed by atoms with Crippen molar-refractivity contribution in [3.63, 3.8) is 0 Å². The number of amides is 2. The van der Waals surface area contributed by atoms with Crippen molar-refractivity contribution in [1.82, 2.24) is 0 Å². The molecule has 1 saturated heterocycles. The Morgan fingerprint density at radius 3 is 2.56 bits per heavy atom. The Labute approximate surface area is 151 Å². The minimum Gasteiger partial charge on any atom is -0.479 e. The molecule has 2 amide bonds. The van der Waals surface area contributed by atoms with Crippen LogP contribution in [0.5, 0.6) is 5.75 Å². The van der Waals surface area contributed by atoms with Crippen LogP contribution in [0.3, 0.4) is 0 Å². The van der Waals surface area contributed by atoms with E-state index >= 15 is 0 Å². The minimum absolute atomic E-state index is 0.138. The first-order valence-electron chi connectivity index (χ1n) is 8.17.